The first-order chi connectivity index (χ1) is 11.2. The molecule has 2 aromatic rings. The zero-order chi connectivity index (χ0) is 17.6. The Morgan fingerprint density at radius 3 is 2.50 bits per heavy atom. The predicted octanol–water partition coefficient (Wildman–Crippen LogP) is 4.48. The van der Waals surface area contributed by atoms with Crippen LogP contribution in [0.5, 0.6) is 11.5 Å². The highest BCUT2D eigenvalue weighted by Gasteiger charge is 2.37. The molecule has 0 aromatic heterocycles. The van der Waals surface area contributed by atoms with Crippen molar-refractivity contribution in [1.29, 1.82) is 0 Å². The van der Waals surface area contributed by atoms with Gasteiger partial charge in [-0.15, -0.1) is 0 Å². The van der Waals surface area contributed by atoms with Gasteiger partial charge in [0, 0.05) is 0 Å². The van der Waals surface area contributed by atoms with E-state index < -0.39 is 15.5 Å². The first-order valence-electron chi connectivity index (χ1n) is 7.88. The van der Waals surface area contributed by atoms with Gasteiger partial charge < -0.3 is 9.64 Å². The van der Waals surface area contributed by atoms with Crippen LogP contribution in [0.2, 0.25) is 0 Å². The van der Waals surface area contributed by atoms with Gasteiger partial charge in [-0.3, -0.25) is 4.55 Å². The fourth-order valence-electron chi connectivity index (χ4n) is 3.32. The van der Waals surface area contributed by atoms with Crippen molar-refractivity contribution >= 4 is 21.5 Å². The molecule has 0 saturated heterocycles. The molecule has 0 spiro atoms. The summed E-state index contributed by atoms with van der Waals surface area (Å²) in [5, 5.41) is -1.07. The van der Waals surface area contributed by atoms with Crippen LogP contribution >= 0.6 is 0 Å². The van der Waals surface area contributed by atoms with Gasteiger partial charge in [0.1, 0.15) is 0 Å². The maximum Gasteiger partial charge on any atom is 0.286 e. The molecular weight excluding hydrogens is 326 g/mol. The van der Waals surface area contributed by atoms with Crippen LogP contribution in [0.15, 0.2) is 30.3 Å². The quantitative estimate of drug-likeness (QED) is 0.829. The van der Waals surface area contributed by atoms with Crippen molar-refractivity contribution in [3.8, 4) is 11.5 Å². The van der Waals surface area contributed by atoms with Gasteiger partial charge in [-0.2, -0.15) is 8.42 Å². The number of rotatable bonds is 3. The Hall–Kier alpha value is -2.05. The van der Waals surface area contributed by atoms with Crippen LogP contribution in [0, 0.1) is 20.8 Å². The van der Waals surface area contributed by atoms with Crippen LogP contribution in [-0.4, -0.2) is 18.3 Å². The fourth-order valence-corrected chi connectivity index (χ4v) is 4.23. The Bertz CT molecular complexity index is 905. The van der Waals surface area contributed by atoms with E-state index in [0.717, 1.165) is 16.7 Å². The van der Waals surface area contributed by atoms with E-state index in [1.807, 2.05) is 51.1 Å². The lowest BCUT2D eigenvalue weighted by Crippen LogP contribution is -2.39. The Morgan fingerprint density at radius 1 is 1.17 bits per heavy atom. The van der Waals surface area contributed by atoms with Crippen molar-refractivity contribution in [2.45, 2.75) is 39.5 Å². The average Bonchev–Trinajstić information content (AvgIpc) is 2.46. The number of fused-ring (bicyclic) bond motifs is 2. The Kier molecular flexibility index (Phi) is 4.05. The molecule has 3 rings (SSSR count). The lowest BCUT2D eigenvalue weighted by Gasteiger charge is -2.38. The second kappa shape index (κ2) is 5.79. The summed E-state index contributed by atoms with van der Waals surface area (Å²) < 4.78 is 39.9. The molecule has 0 fully saturated rings. The van der Waals surface area contributed by atoms with E-state index in [1.165, 1.54) is 0 Å². The highest BCUT2D eigenvalue weighted by Crippen LogP contribution is 2.51. The Balaban J connectivity index is 2.34. The zero-order valence-electron chi connectivity index (χ0n) is 14.2. The second-order valence-corrected chi connectivity index (χ2v) is 7.78. The number of anilines is 2. The monoisotopic (exact) mass is 347 g/mol. The molecule has 1 heterocycles. The number of para-hydroxylation sites is 1. The Morgan fingerprint density at radius 2 is 1.88 bits per heavy atom. The van der Waals surface area contributed by atoms with Gasteiger partial charge in [0.15, 0.2) is 16.9 Å². The van der Waals surface area contributed by atoms with Crippen LogP contribution in [-0.2, 0) is 10.1 Å². The van der Waals surface area contributed by atoms with Gasteiger partial charge in [0.2, 0.25) is 0 Å². The molecule has 0 bridgehead atoms. The summed E-state index contributed by atoms with van der Waals surface area (Å²) in [6.07, 6.45) is 0.249. The fraction of sp³-hybridized carbons (Fsp3) is 0.333. The smallest absolute Gasteiger partial charge is 0.286 e. The maximum atomic E-state index is 12.0. The van der Waals surface area contributed by atoms with Crippen LogP contribution in [0.4, 0.5) is 11.4 Å². The SMILES string of the molecule is CCC(N1c2cccc(C)c2Oc2cc(C)cc(C)c21)S(=O)(=O)O. The van der Waals surface area contributed by atoms with Crippen molar-refractivity contribution in [2.75, 3.05) is 4.90 Å². The summed E-state index contributed by atoms with van der Waals surface area (Å²) in [6.45, 7) is 7.54. The summed E-state index contributed by atoms with van der Waals surface area (Å²) >= 11 is 0. The number of nitrogens with zero attached hydrogens (tertiary/aromatic N) is 1. The highest BCUT2D eigenvalue weighted by molar-refractivity contribution is 7.86. The molecular formula is C18H21NO4S. The van der Waals surface area contributed by atoms with Gasteiger partial charge in [-0.1, -0.05) is 25.1 Å². The number of hydrogen-bond acceptors (Lipinski definition) is 4. The summed E-state index contributed by atoms with van der Waals surface area (Å²) in [7, 11) is -4.27. The standard InChI is InChI=1S/C18H21NO4S/c1-5-16(24(20,21)22)19-14-8-6-7-12(3)18(14)23-15-10-11(2)9-13(4)17(15)19/h6-10,16H,5H2,1-4H3,(H,20,21,22). The molecule has 1 aliphatic rings. The van der Waals surface area contributed by atoms with E-state index in [4.69, 9.17) is 4.74 Å². The van der Waals surface area contributed by atoms with Crippen molar-refractivity contribution in [3.63, 3.8) is 0 Å². The molecule has 1 aliphatic heterocycles. The third-order valence-corrected chi connectivity index (χ3v) is 5.53. The molecule has 1 atom stereocenters. The molecule has 0 radical (unpaired) electrons. The first-order valence-corrected chi connectivity index (χ1v) is 9.38. The van der Waals surface area contributed by atoms with Crippen LogP contribution in [0.25, 0.3) is 0 Å². The molecule has 6 heteroatoms. The van der Waals surface area contributed by atoms with E-state index in [9.17, 15) is 13.0 Å². The Labute approximate surface area is 142 Å². The molecule has 0 aliphatic carbocycles. The molecule has 128 valence electrons. The average molecular weight is 347 g/mol. The minimum absolute atomic E-state index is 0.249. The predicted molar refractivity (Wildman–Crippen MR) is 94.9 cm³/mol. The van der Waals surface area contributed by atoms with E-state index in [0.29, 0.717) is 22.9 Å². The minimum atomic E-state index is -4.27. The first kappa shape index (κ1) is 16.8. The third kappa shape index (κ3) is 2.65. The lowest BCUT2D eigenvalue weighted by molar-refractivity contribution is 0.449. The molecule has 5 nitrogen and oxygen atoms in total. The van der Waals surface area contributed by atoms with Crippen molar-refractivity contribution in [1.82, 2.24) is 0 Å². The molecule has 0 amide bonds. The van der Waals surface area contributed by atoms with E-state index >= 15 is 0 Å². The van der Waals surface area contributed by atoms with Crippen LogP contribution < -0.4 is 9.64 Å². The summed E-state index contributed by atoms with van der Waals surface area (Å²) in [5.74, 6) is 1.23. The topological polar surface area (TPSA) is 66.8 Å². The van der Waals surface area contributed by atoms with Gasteiger partial charge in [-0.25, -0.2) is 0 Å². The third-order valence-electron chi connectivity index (χ3n) is 4.29. The molecule has 0 saturated carbocycles. The van der Waals surface area contributed by atoms with E-state index in [2.05, 4.69) is 0 Å². The van der Waals surface area contributed by atoms with E-state index in [-0.39, 0.29) is 6.42 Å². The zero-order valence-corrected chi connectivity index (χ0v) is 15.0. The summed E-state index contributed by atoms with van der Waals surface area (Å²) in [6, 6.07) is 9.46. The van der Waals surface area contributed by atoms with Gasteiger partial charge in [-0.05, 0) is 56.0 Å². The molecule has 2 aromatic carbocycles. The molecule has 24 heavy (non-hydrogen) atoms. The maximum absolute atomic E-state index is 12.0. The van der Waals surface area contributed by atoms with Crippen molar-refractivity contribution in [2.24, 2.45) is 0 Å². The van der Waals surface area contributed by atoms with Gasteiger partial charge in [0.25, 0.3) is 10.1 Å². The molecule has 1 N–H and O–H groups in total. The van der Waals surface area contributed by atoms with Crippen LogP contribution in [0.3, 0.4) is 0 Å². The lowest BCUT2D eigenvalue weighted by atomic mass is 10.0. The largest absolute Gasteiger partial charge is 0.453 e. The number of ether oxygens (including phenoxy) is 1. The number of hydrogen-bond donors (Lipinski definition) is 1. The normalized spacial score (nSPS) is 14.6. The number of benzene rings is 2. The van der Waals surface area contributed by atoms with E-state index in [1.54, 1.807) is 11.8 Å². The number of aryl methyl sites for hydroxylation is 3. The highest BCUT2D eigenvalue weighted by atomic mass is 32.2. The van der Waals surface area contributed by atoms with Gasteiger partial charge >= 0.3 is 0 Å². The summed E-state index contributed by atoms with van der Waals surface area (Å²) in [4.78, 5) is 1.69. The minimum Gasteiger partial charge on any atom is -0.453 e. The van der Waals surface area contributed by atoms with Crippen molar-refractivity contribution < 1.29 is 17.7 Å². The van der Waals surface area contributed by atoms with Crippen LogP contribution in [0.1, 0.15) is 30.0 Å². The second-order valence-electron chi connectivity index (χ2n) is 6.20. The van der Waals surface area contributed by atoms with Gasteiger partial charge in [0.05, 0.1) is 11.4 Å². The molecule has 1 unspecified atom stereocenters. The summed E-state index contributed by atoms with van der Waals surface area (Å²) in [5.41, 5.74) is 4.18. The van der Waals surface area contributed by atoms with Crippen molar-refractivity contribution in [3.05, 3.63) is 47.0 Å².